The second kappa shape index (κ2) is 11.0. The Balaban J connectivity index is 1.23. The molecule has 3 N–H and O–H groups in total. The van der Waals surface area contributed by atoms with Crippen molar-refractivity contribution in [1.82, 2.24) is 14.9 Å². The van der Waals surface area contributed by atoms with E-state index < -0.39 is 11.5 Å². The van der Waals surface area contributed by atoms with Crippen molar-refractivity contribution >= 4 is 40.6 Å². The SMILES string of the molecule is O=C(O)/C=C/c1ccc(NC(=O)C2(NC(=O)c3ccc4c(c3)nc(-c3ccccc3)n4C3CCC3)CCCC2)cc1. The average Bonchev–Trinajstić information content (AvgIpc) is 3.58. The molecule has 0 atom stereocenters. The number of carbonyl (C=O) groups excluding carboxylic acids is 2. The second-order valence-electron chi connectivity index (χ2n) is 11.0. The fourth-order valence-corrected chi connectivity index (χ4v) is 5.82. The van der Waals surface area contributed by atoms with Crippen LogP contribution in [0.1, 0.15) is 66.9 Å². The number of anilines is 1. The Kier molecular flexibility index (Phi) is 7.14. The normalized spacial score (nSPS) is 16.5. The molecular weight excluding hydrogens is 516 g/mol. The number of carboxylic acid groups (broad SMARTS) is 1. The van der Waals surface area contributed by atoms with E-state index in [1.165, 1.54) is 12.5 Å². The highest BCUT2D eigenvalue weighted by molar-refractivity contribution is 6.05. The van der Waals surface area contributed by atoms with Gasteiger partial charge >= 0.3 is 5.97 Å². The highest BCUT2D eigenvalue weighted by Crippen LogP contribution is 2.39. The summed E-state index contributed by atoms with van der Waals surface area (Å²) >= 11 is 0. The van der Waals surface area contributed by atoms with Crippen molar-refractivity contribution in [3.8, 4) is 11.4 Å². The van der Waals surface area contributed by atoms with Gasteiger partial charge in [0.1, 0.15) is 11.4 Å². The van der Waals surface area contributed by atoms with Gasteiger partial charge in [0.25, 0.3) is 5.91 Å². The zero-order chi connectivity index (χ0) is 28.4. The Bertz CT molecular complexity index is 1630. The molecule has 2 aliphatic rings. The van der Waals surface area contributed by atoms with Crippen LogP contribution in [0.15, 0.2) is 78.9 Å². The van der Waals surface area contributed by atoms with E-state index in [4.69, 9.17) is 10.1 Å². The summed E-state index contributed by atoms with van der Waals surface area (Å²) in [7, 11) is 0. The topological polar surface area (TPSA) is 113 Å². The van der Waals surface area contributed by atoms with E-state index in [9.17, 15) is 14.4 Å². The maximum absolute atomic E-state index is 13.6. The van der Waals surface area contributed by atoms with Crippen LogP contribution in [0.25, 0.3) is 28.5 Å². The van der Waals surface area contributed by atoms with Crippen molar-refractivity contribution < 1.29 is 19.5 Å². The molecule has 2 fully saturated rings. The van der Waals surface area contributed by atoms with Crippen molar-refractivity contribution in [2.75, 3.05) is 5.32 Å². The number of nitrogens with one attached hydrogen (secondary N) is 2. The van der Waals surface area contributed by atoms with Crippen molar-refractivity contribution in [3.63, 3.8) is 0 Å². The van der Waals surface area contributed by atoms with E-state index >= 15 is 0 Å². The summed E-state index contributed by atoms with van der Waals surface area (Å²) in [5, 5.41) is 14.8. The van der Waals surface area contributed by atoms with Gasteiger partial charge in [0.15, 0.2) is 0 Å². The minimum atomic E-state index is -1.02. The molecule has 41 heavy (non-hydrogen) atoms. The molecule has 8 heteroatoms. The average molecular weight is 549 g/mol. The van der Waals surface area contributed by atoms with Crippen LogP contribution >= 0.6 is 0 Å². The Hall–Kier alpha value is -4.72. The summed E-state index contributed by atoms with van der Waals surface area (Å²) in [6, 6.07) is 23.1. The molecule has 4 aromatic rings. The van der Waals surface area contributed by atoms with Gasteiger partial charge in [-0.25, -0.2) is 9.78 Å². The fourth-order valence-electron chi connectivity index (χ4n) is 5.82. The highest BCUT2D eigenvalue weighted by atomic mass is 16.4. The molecule has 0 saturated heterocycles. The summed E-state index contributed by atoms with van der Waals surface area (Å²) in [6.45, 7) is 0. The smallest absolute Gasteiger partial charge is 0.328 e. The largest absolute Gasteiger partial charge is 0.478 e. The van der Waals surface area contributed by atoms with Gasteiger partial charge in [0.2, 0.25) is 5.91 Å². The molecule has 2 aliphatic carbocycles. The molecule has 0 spiro atoms. The molecule has 6 rings (SSSR count). The van der Waals surface area contributed by atoms with Crippen LogP contribution in [-0.2, 0) is 9.59 Å². The molecule has 3 aromatic carbocycles. The van der Waals surface area contributed by atoms with Crippen LogP contribution in [0.2, 0.25) is 0 Å². The third-order valence-corrected chi connectivity index (χ3v) is 8.25. The number of aromatic nitrogens is 2. The lowest BCUT2D eigenvalue weighted by atomic mass is 9.92. The maximum Gasteiger partial charge on any atom is 0.328 e. The lowest BCUT2D eigenvalue weighted by molar-refractivity contribution is -0.131. The van der Waals surface area contributed by atoms with E-state index in [-0.39, 0.29) is 11.8 Å². The first kappa shape index (κ1) is 26.5. The quantitative estimate of drug-likeness (QED) is 0.227. The van der Waals surface area contributed by atoms with Crippen LogP contribution in [-0.4, -0.2) is 38.0 Å². The molecule has 1 heterocycles. The molecule has 2 saturated carbocycles. The van der Waals surface area contributed by atoms with Gasteiger partial charge in [-0.2, -0.15) is 0 Å². The number of hydrogen-bond acceptors (Lipinski definition) is 4. The number of hydrogen-bond donors (Lipinski definition) is 3. The van der Waals surface area contributed by atoms with Gasteiger partial charge in [-0.05, 0) is 74.1 Å². The van der Waals surface area contributed by atoms with Crippen LogP contribution in [0.5, 0.6) is 0 Å². The maximum atomic E-state index is 13.6. The highest BCUT2D eigenvalue weighted by Gasteiger charge is 2.42. The van der Waals surface area contributed by atoms with Crippen LogP contribution in [0.4, 0.5) is 5.69 Å². The predicted octanol–water partition coefficient (Wildman–Crippen LogP) is 6.21. The van der Waals surface area contributed by atoms with Crippen LogP contribution in [0, 0.1) is 0 Å². The van der Waals surface area contributed by atoms with Crippen LogP contribution < -0.4 is 10.6 Å². The van der Waals surface area contributed by atoms with Crippen molar-refractivity contribution in [3.05, 3.63) is 90.0 Å². The van der Waals surface area contributed by atoms with Gasteiger partial charge in [0, 0.05) is 28.9 Å². The predicted molar refractivity (Wildman–Crippen MR) is 158 cm³/mol. The van der Waals surface area contributed by atoms with E-state index in [1.807, 2.05) is 36.4 Å². The zero-order valence-corrected chi connectivity index (χ0v) is 22.7. The number of imidazole rings is 1. The molecular formula is C33H32N4O4. The Morgan fingerprint density at radius 1 is 0.927 bits per heavy atom. The molecule has 1 aromatic heterocycles. The van der Waals surface area contributed by atoms with Gasteiger partial charge in [0.05, 0.1) is 11.0 Å². The minimum Gasteiger partial charge on any atom is -0.478 e. The first-order valence-corrected chi connectivity index (χ1v) is 14.1. The number of aliphatic carboxylic acids is 1. The van der Waals surface area contributed by atoms with E-state index in [0.29, 0.717) is 35.7 Å². The molecule has 8 nitrogen and oxygen atoms in total. The summed E-state index contributed by atoms with van der Waals surface area (Å²) in [4.78, 5) is 42.8. The summed E-state index contributed by atoms with van der Waals surface area (Å²) in [6.07, 6.45) is 8.79. The van der Waals surface area contributed by atoms with E-state index in [2.05, 4.69) is 27.3 Å². The molecule has 208 valence electrons. The Labute approximate surface area is 238 Å². The fraction of sp³-hybridized carbons (Fsp3) is 0.273. The number of fused-ring (bicyclic) bond motifs is 1. The minimum absolute atomic E-state index is 0.251. The van der Waals surface area contributed by atoms with Crippen LogP contribution in [0.3, 0.4) is 0 Å². The lowest BCUT2D eigenvalue weighted by Crippen LogP contribution is -2.55. The first-order valence-electron chi connectivity index (χ1n) is 14.1. The number of amides is 2. The van der Waals surface area contributed by atoms with Gasteiger partial charge < -0.3 is 20.3 Å². The number of benzene rings is 3. The molecule has 0 radical (unpaired) electrons. The molecule has 0 unspecified atom stereocenters. The van der Waals surface area contributed by atoms with Gasteiger partial charge in [-0.15, -0.1) is 0 Å². The lowest BCUT2D eigenvalue weighted by Gasteiger charge is -2.29. The third-order valence-electron chi connectivity index (χ3n) is 8.25. The molecule has 0 aliphatic heterocycles. The van der Waals surface area contributed by atoms with Gasteiger partial charge in [-0.1, -0.05) is 55.3 Å². The second-order valence-corrected chi connectivity index (χ2v) is 11.0. The number of carboxylic acids is 1. The third kappa shape index (κ3) is 5.37. The number of carbonyl (C=O) groups is 3. The number of rotatable bonds is 8. The Morgan fingerprint density at radius 3 is 2.32 bits per heavy atom. The monoisotopic (exact) mass is 548 g/mol. The van der Waals surface area contributed by atoms with Crippen molar-refractivity contribution in [2.24, 2.45) is 0 Å². The summed E-state index contributed by atoms with van der Waals surface area (Å²) in [5.41, 5.74) is 3.59. The van der Waals surface area contributed by atoms with Crippen molar-refractivity contribution in [2.45, 2.75) is 56.5 Å². The van der Waals surface area contributed by atoms with Crippen molar-refractivity contribution in [1.29, 1.82) is 0 Å². The zero-order valence-electron chi connectivity index (χ0n) is 22.7. The Morgan fingerprint density at radius 2 is 1.66 bits per heavy atom. The van der Waals surface area contributed by atoms with E-state index in [0.717, 1.165) is 54.2 Å². The van der Waals surface area contributed by atoms with E-state index in [1.54, 1.807) is 24.3 Å². The van der Waals surface area contributed by atoms with Gasteiger partial charge in [-0.3, -0.25) is 9.59 Å². The standard InChI is InChI=1S/C33H32N4O4/c38-29(39)18-13-22-11-15-25(16-12-22)34-32(41)33(19-4-5-20-33)36-31(40)24-14-17-28-27(21-24)35-30(23-7-2-1-3-8-23)37(28)26-9-6-10-26/h1-3,7-8,11-18,21,26H,4-6,9-10,19-20H2,(H,34,41)(H,36,40)(H,38,39)/b18-13+. The molecule has 2 amide bonds. The summed E-state index contributed by atoms with van der Waals surface area (Å²) in [5.74, 6) is -0.654. The first-order chi connectivity index (χ1) is 19.9. The molecule has 0 bridgehead atoms. The number of nitrogens with zero attached hydrogens (tertiary/aromatic N) is 2. The summed E-state index contributed by atoms with van der Waals surface area (Å²) < 4.78 is 2.31.